The minimum Gasteiger partial charge on any atom is -0.399 e. The summed E-state index contributed by atoms with van der Waals surface area (Å²) in [5, 5.41) is 2.56. The number of aromatic nitrogens is 1. The van der Waals surface area contributed by atoms with Crippen molar-refractivity contribution in [2.75, 3.05) is 0 Å². The van der Waals surface area contributed by atoms with Gasteiger partial charge in [0.05, 0.1) is 27.9 Å². The average molecular weight is 487 g/mol. The van der Waals surface area contributed by atoms with Gasteiger partial charge < -0.3 is 13.9 Å². The van der Waals surface area contributed by atoms with Crippen LogP contribution in [0.25, 0.3) is 33.1 Å². The van der Waals surface area contributed by atoms with Crippen LogP contribution < -0.4 is 5.46 Å². The smallest absolute Gasteiger partial charge is 0.399 e. The number of hydrogen-bond donors (Lipinski definition) is 0. The number of hydrogen-bond acceptors (Lipinski definition) is 2. The Hall–Kier alpha value is -3.08. The van der Waals surface area contributed by atoms with Gasteiger partial charge in [-0.15, -0.1) is 0 Å². The Bertz CT molecular complexity index is 1650. The fraction of sp³-hybridized carbons (Fsp3) is 0.333. The highest BCUT2D eigenvalue weighted by Crippen LogP contribution is 2.48. The van der Waals surface area contributed by atoms with E-state index in [2.05, 4.69) is 119 Å². The SMILES string of the molecule is CC1(C)c2ccccc2-n2c3ccc(C4=CC=CCC4)cc3c3cc(B4OC(C)(C)C(C)(C)O4)cc1c32. The predicted molar refractivity (Wildman–Crippen MR) is 155 cm³/mol. The molecule has 1 aromatic heterocycles. The van der Waals surface area contributed by atoms with Crippen molar-refractivity contribution in [3.05, 3.63) is 89.5 Å². The molecule has 0 bridgehead atoms. The van der Waals surface area contributed by atoms with Gasteiger partial charge in [0.25, 0.3) is 0 Å². The molecule has 0 saturated carbocycles. The molecule has 0 spiro atoms. The fourth-order valence-electron chi connectivity index (χ4n) is 6.40. The molecule has 0 unspecified atom stereocenters. The molecule has 3 aliphatic rings. The number of rotatable bonds is 2. The lowest BCUT2D eigenvalue weighted by molar-refractivity contribution is 0.00578. The lowest BCUT2D eigenvalue weighted by atomic mass is 9.70. The molecule has 1 fully saturated rings. The van der Waals surface area contributed by atoms with E-state index < -0.39 is 7.12 Å². The van der Waals surface area contributed by atoms with Gasteiger partial charge >= 0.3 is 7.12 Å². The van der Waals surface area contributed by atoms with Crippen molar-refractivity contribution in [1.29, 1.82) is 0 Å². The first-order valence-corrected chi connectivity index (χ1v) is 13.5. The van der Waals surface area contributed by atoms with E-state index in [4.69, 9.17) is 9.31 Å². The Balaban J connectivity index is 1.55. The van der Waals surface area contributed by atoms with Crippen LogP contribution in [0, 0.1) is 0 Å². The first-order chi connectivity index (χ1) is 17.6. The Morgan fingerprint density at radius 1 is 0.811 bits per heavy atom. The Morgan fingerprint density at radius 2 is 1.57 bits per heavy atom. The van der Waals surface area contributed by atoms with Gasteiger partial charge in [-0.2, -0.15) is 0 Å². The number of benzene rings is 3. The molecule has 1 saturated heterocycles. The maximum Gasteiger partial charge on any atom is 0.494 e. The average Bonchev–Trinajstić information content (AvgIpc) is 3.32. The van der Waals surface area contributed by atoms with Crippen LogP contribution in [-0.2, 0) is 14.7 Å². The van der Waals surface area contributed by atoms with Gasteiger partial charge in [-0.3, -0.25) is 0 Å². The number of allylic oxidation sites excluding steroid dienone is 4. The largest absolute Gasteiger partial charge is 0.494 e. The first kappa shape index (κ1) is 23.1. The van der Waals surface area contributed by atoms with Crippen LogP contribution in [0.5, 0.6) is 0 Å². The Labute approximate surface area is 219 Å². The molecule has 4 aromatic rings. The normalized spacial score (nSPS) is 20.9. The standard InChI is InChI=1S/C33H34BNO2/c1-31(2)26-14-10-11-15-29(26)35-28-17-16-22(21-12-8-7-9-13-21)18-24(28)25-19-23(20-27(31)30(25)35)34-36-32(3,4)33(5,6)37-34/h7-8,10-12,14-20H,9,13H2,1-6H3. The Morgan fingerprint density at radius 3 is 2.30 bits per heavy atom. The van der Waals surface area contributed by atoms with Gasteiger partial charge in [-0.05, 0) is 86.5 Å². The third-order valence-corrected chi connectivity index (χ3v) is 9.29. The third kappa shape index (κ3) is 3.15. The van der Waals surface area contributed by atoms with E-state index >= 15 is 0 Å². The van der Waals surface area contributed by atoms with Crippen LogP contribution >= 0.6 is 0 Å². The van der Waals surface area contributed by atoms with Crippen LogP contribution in [0.1, 0.15) is 71.1 Å². The summed E-state index contributed by atoms with van der Waals surface area (Å²) < 4.78 is 15.6. The zero-order chi connectivity index (χ0) is 25.7. The second-order valence-corrected chi connectivity index (χ2v) is 12.4. The van der Waals surface area contributed by atoms with Gasteiger partial charge in [0.15, 0.2) is 0 Å². The quantitative estimate of drug-likeness (QED) is 0.274. The van der Waals surface area contributed by atoms with Crippen LogP contribution in [-0.4, -0.2) is 22.9 Å². The highest BCUT2D eigenvalue weighted by atomic mass is 16.7. The van der Waals surface area contributed by atoms with Crippen molar-refractivity contribution < 1.29 is 9.31 Å². The number of fused-ring (bicyclic) bond motifs is 5. The van der Waals surface area contributed by atoms with Crippen LogP contribution in [0.15, 0.2) is 72.8 Å². The third-order valence-electron chi connectivity index (χ3n) is 9.29. The van der Waals surface area contributed by atoms with Gasteiger partial charge in [0, 0.05) is 16.2 Å². The lowest BCUT2D eigenvalue weighted by Crippen LogP contribution is -2.41. The number of nitrogens with zero attached hydrogens (tertiary/aromatic N) is 1. The number of para-hydroxylation sites is 1. The minimum absolute atomic E-state index is 0.154. The molecule has 0 amide bonds. The van der Waals surface area contributed by atoms with Gasteiger partial charge in [-0.25, -0.2) is 0 Å². The van der Waals surface area contributed by atoms with E-state index in [1.165, 1.54) is 49.8 Å². The molecular formula is C33H34BNO2. The molecule has 3 aromatic carbocycles. The molecule has 1 aliphatic carbocycles. The van der Waals surface area contributed by atoms with E-state index in [1.807, 2.05) is 0 Å². The summed E-state index contributed by atoms with van der Waals surface area (Å²) in [5.41, 5.74) is 9.39. The molecule has 0 atom stereocenters. The van der Waals surface area contributed by atoms with E-state index in [0.717, 1.165) is 18.3 Å². The second-order valence-electron chi connectivity index (χ2n) is 12.4. The van der Waals surface area contributed by atoms with E-state index in [-0.39, 0.29) is 16.6 Å². The molecule has 37 heavy (non-hydrogen) atoms. The van der Waals surface area contributed by atoms with Crippen molar-refractivity contribution in [3.8, 4) is 5.69 Å². The van der Waals surface area contributed by atoms with Crippen LogP contribution in [0.2, 0.25) is 0 Å². The van der Waals surface area contributed by atoms with Crippen molar-refractivity contribution >= 4 is 40.0 Å². The summed E-state index contributed by atoms with van der Waals surface area (Å²) in [6.07, 6.45) is 8.89. The van der Waals surface area contributed by atoms with Gasteiger partial charge in [0.2, 0.25) is 0 Å². The monoisotopic (exact) mass is 487 g/mol. The maximum atomic E-state index is 6.55. The van der Waals surface area contributed by atoms with Gasteiger partial charge in [0.1, 0.15) is 0 Å². The molecule has 2 aliphatic heterocycles. The molecule has 3 heterocycles. The van der Waals surface area contributed by atoms with Crippen molar-refractivity contribution in [2.45, 2.75) is 71.0 Å². The fourth-order valence-corrected chi connectivity index (χ4v) is 6.40. The molecular weight excluding hydrogens is 453 g/mol. The van der Waals surface area contributed by atoms with Crippen molar-refractivity contribution in [1.82, 2.24) is 4.57 Å². The zero-order valence-electron chi connectivity index (χ0n) is 22.7. The summed E-state index contributed by atoms with van der Waals surface area (Å²) >= 11 is 0. The van der Waals surface area contributed by atoms with Gasteiger partial charge in [-0.1, -0.05) is 68.5 Å². The van der Waals surface area contributed by atoms with E-state index in [1.54, 1.807) is 0 Å². The highest BCUT2D eigenvalue weighted by molar-refractivity contribution is 6.62. The van der Waals surface area contributed by atoms with Crippen LogP contribution in [0.3, 0.4) is 0 Å². The molecule has 0 N–H and O–H groups in total. The first-order valence-electron chi connectivity index (χ1n) is 13.5. The topological polar surface area (TPSA) is 23.4 Å². The van der Waals surface area contributed by atoms with Crippen molar-refractivity contribution in [2.24, 2.45) is 0 Å². The molecule has 186 valence electrons. The van der Waals surface area contributed by atoms with E-state index in [9.17, 15) is 0 Å². The molecule has 3 nitrogen and oxygen atoms in total. The van der Waals surface area contributed by atoms with E-state index in [0.29, 0.717) is 0 Å². The second kappa shape index (κ2) is 7.49. The summed E-state index contributed by atoms with van der Waals surface area (Å²) in [6.45, 7) is 13.2. The summed E-state index contributed by atoms with van der Waals surface area (Å²) in [4.78, 5) is 0. The molecule has 4 heteroatoms. The molecule has 7 rings (SSSR count). The van der Waals surface area contributed by atoms with Crippen LogP contribution in [0.4, 0.5) is 0 Å². The highest BCUT2D eigenvalue weighted by Gasteiger charge is 2.52. The Kier molecular flexibility index (Phi) is 4.67. The summed E-state index contributed by atoms with van der Waals surface area (Å²) in [7, 11) is -0.397. The molecule has 0 radical (unpaired) electrons. The lowest BCUT2D eigenvalue weighted by Gasteiger charge is -2.35. The maximum absolute atomic E-state index is 6.55. The predicted octanol–water partition coefficient (Wildman–Crippen LogP) is 7.46. The van der Waals surface area contributed by atoms with Crippen molar-refractivity contribution in [3.63, 3.8) is 0 Å². The summed E-state index contributed by atoms with van der Waals surface area (Å²) in [6, 6.07) is 20.5. The minimum atomic E-state index is -0.397. The summed E-state index contributed by atoms with van der Waals surface area (Å²) in [5.74, 6) is 0. The zero-order valence-corrected chi connectivity index (χ0v) is 22.7.